The number of aromatic amines is 2. The van der Waals surface area contributed by atoms with Crippen molar-refractivity contribution in [1.82, 2.24) is 19.9 Å². The molecule has 0 fully saturated rings. The number of aromatic nitrogens is 4. The number of carbonyl (C=O) groups is 3. The third kappa shape index (κ3) is 6.85. The summed E-state index contributed by atoms with van der Waals surface area (Å²) in [6.45, 7) is 10.1. The highest BCUT2D eigenvalue weighted by Crippen LogP contribution is 2.45. The summed E-state index contributed by atoms with van der Waals surface area (Å²) >= 11 is 0. The van der Waals surface area contributed by atoms with Crippen LogP contribution in [0.5, 0.6) is 5.75 Å². The normalized spacial score (nSPS) is 17.3. The van der Waals surface area contributed by atoms with Crippen LogP contribution in [0.1, 0.15) is 114 Å². The van der Waals surface area contributed by atoms with E-state index < -0.39 is 23.7 Å². The second-order valence-corrected chi connectivity index (χ2v) is 15.7. The molecule has 0 saturated heterocycles. The highest BCUT2D eigenvalue weighted by molar-refractivity contribution is 6.25. The fraction of sp³-hybridized carbons (Fsp3) is 0.362. The lowest BCUT2D eigenvalue weighted by atomic mass is 9.84. The number of benzene rings is 1. The molecule has 1 unspecified atom stereocenters. The van der Waals surface area contributed by atoms with Gasteiger partial charge in [0, 0.05) is 57.1 Å². The van der Waals surface area contributed by atoms with Gasteiger partial charge < -0.3 is 33.3 Å². The van der Waals surface area contributed by atoms with Crippen molar-refractivity contribution in [3.8, 4) is 5.75 Å². The number of H-pyrrole nitrogens is 2. The Kier molecular flexibility index (Phi) is 10.7. The first-order valence-corrected chi connectivity index (χ1v) is 20.3. The summed E-state index contributed by atoms with van der Waals surface area (Å²) in [5.74, 6) is -1.58. The van der Waals surface area contributed by atoms with Gasteiger partial charge in [-0.15, -0.1) is 0 Å². The molecule has 0 saturated carbocycles. The molecule has 13 nitrogen and oxygen atoms in total. The van der Waals surface area contributed by atoms with Gasteiger partial charge in [-0.2, -0.15) is 0 Å². The maximum Gasteiger partial charge on any atom is 0.343 e. The van der Waals surface area contributed by atoms with Crippen LogP contribution in [0.25, 0.3) is 44.2 Å². The van der Waals surface area contributed by atoms with E-state index in [1.54, 1.807) is 6.07 Å². The minimum atomic E-state index is -0.598. The highest BCUT2D eigenvalue weighted by Gasteiger charge is 2.37. The summed E-state index contributed by atoms with van der Waals surface area (Å²) in [5.41, 5.74) is 11.2. The van der Waals surface area contributed by atoms with Crippen LogP contribution in [-0.4, -0.2) is 59.2 Å². The molecule has 0 amide bonds. The molecule has 0 spiro atoms. The predicted molar refractivity (Wildman–Crippen MR) is 227 cm³/mol. The van der Waals surface area contributed by atoms with Gasteiger partial charge in [-0.25, -0.2) is 14.6 Å². The third-order valence-corrected chi connectivity index (χ3v) is 12.4. The van der Waals surface area contributed by atoms with Crippen LogP contribution in [0.15, 0.2) is 51.7 Å². The van der Waals surface area contributed by atoms with Gasteiger partial charge in [0.1, 0.15) is 17.4 Å². The quantitative estimate of drug-likeness (QED) is 0.0875. The van der Waals surface area contributed by atoms with Gasteiger partial charge in [0.05, 0.1) is 61.4 Å². The number of esters is 3. The van der Waals surface area contributed by atoms with Crippen LogP contribution in [0, 0.1) is 13.8 Å². The number of aryl methyl sites for hydroxylation is 3. The molecule has 3 aliphatic heterocycles. The van der Waals surface area contributed by atoms with E-state index in [4.69, 9.17) is 33.3 Å². The van der Waals surface area contributed by atoms with Crippen molar-refractivity contribution < 1.29 is 37.7 Å². The summed E-state index contributed by atoms with van der Waals surface area (Å²) < 4.78 is 28.1. The molecule has 60 heavy (non-hydrogen) atoms. The maximum atomic E-state index is 13.7. The first kappa shape index (κ1) is 40.3. The summed E-state index contributed by atoms with van der Waals surface area (Å²) in [6, 6.07) is 13.5. The average molecular weight is 813 g/mol. The summed E-state index contributed by atoms with van der Waals surface area (Å²) in [5, 5.41) is 0.741. The first-order chi connectivity index (χ1) is 28.9. The number of fused-ring (bicyclic) bond motifs is 11. The number of carbonyl (C=O) groups excluding carboxylic acids is 3. The van der Waals surface area contributed by atoms with Gasteiger partial charge >= 0.3 is 23.5 Å². The van der Waals surface area contributed by atoms with E-state index >= 15 is 0 Å². The number of allylic oxidation sites excluding steroid dienone is 1. The van der Waals surface area contributed by atoms with Crippen LogP contribution >= 0.6 is 0 Å². The minimum Gasteiger partial charge on any atom is -0.484 e. The summed E-state index contributed by atoms with van der Waals surface area (Å²) in [6.07, 6.45) is 1.55. The predicted octanol–water partition coefficient (Wildman–Crippen LogP) is 8.33. The Morgan fingerprint density at radius 1 is 0.867 bits per heavy atom. The molecule has 4 aromatic heterocycles. The van der Waals surface area contributed by atoms with Crippen molar-refractivity contribution in [2.24, 2.45) is 0 Å². The molecule has 8 rings (SSSR count). The van der Waals surface area contributed by atoms with Gasteiger partial charge in [-0.1, -0.05) is 26.0 Å². The lowest BCUT2D eigenvalue weighted by molar-refractivity contribution is -0.141. The number of nitrogens with zero attached hydrogens (tertiary/aromatic N) is 2. The third-order valence-electron chi connectivity index (χ3n) is 12.4. The number of hydrogen-bond donors (Lipinski definition) is 2. The van der Waals surface area contributed by atoms with E-state index in [1.807, 2.05) is 51.1 Å². The van der Waals surface area contributed by atoms with Crippen LogP contribution in [0.2, 0.25) is 0 Å². The molecule has 2 N–H and O–H groups in total. The van der Waals surface area contributed by atoms with Gasteiger partial charge in [0.15, 0.2) is 0 Å². The standard InChI is InChI=1S/C47H48N4O9/c1-9-26-22(2)31-21-36-41(38-16-14-29-45(59-38)28-12-10-11-13-37(28)60-46(29)54)24(4)33(49-36)19-32-23(3)27(15-17-39(52)56-6)43(50-32)30(18-40(53)57-7)44-42(47(55)58-8)25(5)34(51-44)20-35(26)48-31/h10-13,19-21,23,27,38,48-49H,9,14-18H2,1-8H3/t23-,27-,38?/m0/s1. The molecule has 13 heteroatoms. The minimum absolute atomic E-state index is 0.103. The Balaban J connectivity index is 1.47. The molecule has 7 heterocycles. The SMILES string of the molecule is CCc1c(C)c2cc3[nH]c(cc4nc(c(CC(=O)OC)c5nc(cc1[nH]2)C(C)=C5C(=O)OC)[C@@H](CCC(=O)OC)[C@@H]4C)c(C)c3C1CCc2c(c3ccccc3oc2=O)O1. The smallest absolute Gasteiger partial charge is 0.343 e. The number of para-hydroxylation sites is 1. The Morgan fingerprint density at radius 3 is 2.33 bits per heavy atom. The lowest BCUT2D eigenvalue weighted by Gasteiger charge is -2.26. The van der Waals surface area contributed by atoms with Crippen molar-refractivity contribution in [3.63, 3.8) is 0 Å². The van der Waals surface area contributed by atoms with Crippen molar-refractivity contribution in [1.29, 1.82) is 0 Å². The largest absolute Gasteiger partial charge is 0.484 e. The number of methoxy groups -OCH3 is 3. The van der Waals surface area contributed by atoms with Crippen molar-refractivity contribution in [2.45, 2.75) is 91.1 Å². The fourth-order valence-electron chi connectivity index (χ4n) is 9.12. The Bertz CT molecular complexity index is 2880. The molecule has 5 aromatic rings. The Hall–Kier alpha value is -6.50. The van der Waals surface area contributed by atoms with Crippen LogP contribution in [0.3, 0.4) is 0 Å². The number of rotatable bonds is 8. The van der Waals surface area contributed by atoms with Crippen LogP contribution < -0.4 is 10.4 Å². The number of ether oxygens (including phenoxy) is 4. The van der Waals surface area contributed by atoms with Gasteiger partial charge in [-0.3, -0.25) is 14.6 Å². The molecule has 0 radical (unpaired) electrons. The molecular weight excluding hydrogens is 765 g/mol. The molecule has 0 aliphatic carbocycles. The maximum absolute atomic E-state index is 13.7. The number of nitrogens with one attached hydrogen (secondary N) is 2. The van der Waals surface area contributed by atoms with E-state index in [1.165, 1.54) is 21.3 Å². The first-order valence-electron chi connectivity index (χ1n) is 20.3. The topological polar surface area (TPSA) is 176 Å². The summed E-state index contributed by atoms with van der Waals surface area (Å²) in [7, 11) is 3.98. The zero-order chi connectivity index (χ0) is 42.6. The zero-order valence-corrected chi connectivity index (χ0v) is 35.1. The average Bonchev–Trinajstić information content (AvgIpc) is 3.94. The zero-order valence-electron chi connectivity index (χ0n) is 35.1. The lowest BCUT2D eigenvalue weighted by Crippen LogP contribution is -2.21. The van der Waals surface area contributed by atoms with E-state index in [9.17, 15) is 19.2 Å². The molecule has 8 bridgehead atoms. The molecule has 3 atom stereocenters. The fourth-order valence-corrected chi connectivity index (χ4v) is 9.12. The molecule has 310 valence electrons. The van der Waals surface area contributed by atoms with E-state index in [2.05, 4.69) is 29.9 Å². The Labute approximate surface area is 346 Å². The van der Waals surface area contributed by atoms with Crippen molar-refractivity contribution >= 4 is 62.1 Å². The van der Waals surface area contributed by atoms with Gasteiger partial charge in [0.25, 0.3) is 0 Å². The highest BCUT2D eigenvalue weighted by atomic mass is 16.5. The van der Waals surface area contributed by atoms with Crippen LogP contribution in [0.4, 0.5) is 0 Å². The van der Waals surface area contributed by atoms with Crippen molar-refractivity contribution in [2.75, 3.05) is 21.3 Å². The van der Waals surface area contributed by atoms with Crippen molar-refractivity contribution in [3.05, 3.63) is 109 Å². The molecule has 1 aromatic carbocycles. The Morgan fingerprint density at radius 2 is 1.60 bits per heavy atom. The molecular formula is C47H48N4O9. The van der Waals surface area contributed by atoms with Crippen LogP contribution in [-0.2, 0) is 47.9 Å². The number of hydrogen-bond acceptors (Lipinski definition) is 11. The monoisotopic (exact) mass is 812 g/mol. The van der Waals surface area contributed by atoms with E-state index in [0.29, 0.717) is 70.8 Å². The second-order valence-electron chi connectivity index (χ2n) is 15.7. The van der Waals surface area contributed by atoms with E-state index in [-0.39, 0.29) is 41.9 Å². The molecule has 3 aliphatic rings. The summed E-state index contributed by atoms with van der Waals surface area (Å²) in [4.78, 5) is 70.3. The van der Waals surface area contributed by atoms with E-state index in [0.717, 1.165) is 49.7 Å². The van der Waals surface area contributed by atoms with Gasteiger partial charge in [-0.05, 0) is 99.0 Å². The van der Waals surface area contributed by atoms with Gasteiger partial charge in [0.2, 0.25) is 0 Å². The second kappa shape index (κ2) is 15.9.